The van der Waals surface area contributed by atoms with Crippen LogP contribution in [0.2, 0.25) is 0 Å². The number of nitrogens with zero attached hydrogens (tertiary/aromatic N) is 6. The van der Waals surface area contributed by atoms with Gasteiger partial charge in [-0.1, -0.05) is 57.8 Å². The number of aliphatic carboxylic acids is 6. The van der Waals surface area contributed by atoms with Crippen molar-refractivity contribution in [3.63, 3.8) is 0 Å². The summed E-state index contributed by atoms with van der Waals surface area (Å²) in [5, 5.41) is 109. The first kappa shape index (κ1) is 83.3. The van der Waals surface area contributed by atoms with Gasteiger partial charge < -0.3 is 71.5 Å². The monoisotopic (exact) mass is 1370 g/mol. The molecule has 6 aliphatic heterocycles. The zero-order valence-electron chi connectivity index (χ0n) is 59.1. The number of carbonyl (C=O) groups excluding carboxylic acids is 2. The minimum Gasteiger partial charge on any atom is -0.481 e. The number of hydrogen-bond acceptors (Lipinski definition) is 20. The van der Waals surface area contributed by atoms with Crippen LogP contribution in [-0.2, 0) is 28.8 Å². The third-order valence-corrected chi connectivity index (χ3v) is 22.2. The molecule has 4 amide bonds. The first-order valence-corrected chi connectivity index (χ1v) is 35.2. The van der Waals surface area contributed by atoms with Crippen molar-refractivity contribution in [2.45, 2.75) is 294 Å². The summed E-state index contributed by atoms with van der Waals surface area (Å²) in [6, 6.07) is 2.14. The first-order chi connectivity index (χ1) is 45.1. The van der Waals surface area contributed by atoms with Gasteiger partial charge in [0.2, 0.25) is 0 Å². The summed E-state index contributed by atoms with van der Waals surface area (Å²) in [6.45, 7) is 12.2. The predicted octanol–water partition coefficient (Wildman–Crippen LogP) is 3.62. The van der Waals surface area contributed by atoms with Gasteiger partial charge in [0.05, 0.1) is 35.9 Å². The highest BCUT2D eigenvalue weighted by molar-refractivity contribution is 5.79. The normalized spacial score (nSPS) is 35.9. The number of carbonyl (C=O) groups is 8. The van der Waals surface area contributed by atoms with Gasteiger partial charge in [0.15, 0.2) is 25.4 Å². The van der Waals surface area contributed by atoms with Gasteiger partial charge in [-0.05, 0) is 165 Å². The Kier molecular flexibility index (Phi) is 34.9. The Morgan fingerprint density at radius 1 is 0.406 bits per heavy atom. The van der Waals surface area contributed by atoms with Crippen LogP contribution in [0.1, 0.15) is 196 Å². The lowest BCUT2D eigenvalue weighted by Gasteiger charge is -2.30. The second kappa shape index (κ2) is 40.2. The molecule has 22 atom stereocenters. The van der Waals surface area contributed by atoms with E-state index >= 15 is 0 Å². The molecule has 0 aromatic heterocycles. The van der Waals surface area contributed by atoms with E-state index in [-0.39, 0.29) is 103 Å². The average molecular weight is 1370 g/mol. The summed E-state index contributed by atoms with van der Waals surface area (Å²) in [7, 11) is 11.2. The molecular weight excluding hydrogens is 1250 g/mol. The summed E-state index contributed by atoms with van der Waals surface area (Å²) in [4.78, 5) is 98.4. The molecule has 3 aliphatic carbocycles. The lowest BCUT2D eigenvalue weighted by Crippen LogP contribution is -2.42. The average Bonchev–Trinajstić information content (AvgIpc) is 1.52. The number of aliphatic hydroxyl groups excluding tert-OH is 4. The molecule has 22 unspecified atom stereocenters. The lowest BCUT2D eigenvalue weighted by molar-refractivity contribution is -0.144. The van der Waals surface area contributed by atoms with Gasteiger partial charge in [-0.25, -0.2) is 9.59 Å². The van der Waals surface area contributed by atoms with Gasteiger partial charge in [0.1, 0.15) is 0 Å². The third-order valence-electron chi connectivity index (χ3n) is 22.2. The fourth-order valence-corrected chi connectivity index (χ4v) is 16.0. The SMILES string of the molecule is CC1C(C2CCCC2C(=O)O)NC(=O)N1C.CC1C(CCCCCC(=O)O)N(C)C(O)N1C.CC1C(CCCCCC(=O)O)NC(O)N1C.CC1NC(=O)N(C)C1C1CCCC1C(=O)O.CC1NC(O)N(C)C1CCCCCC(=O)O.CC1NC(O)NC1C1CCCC1C(=O)O. The van der Waals surface area contributed by atoms with Crippen LogP contribution in [0.15, 0.2) is 0 Å². The molecule has 3 saturated carbocycles. The van der Waals surface area contributed by atoms with Gasteiger partial charge in [0.25, 0.3) is 0 Å². The molecule has 96 heavy (non-hydrogen) atoms. The summed E-state index contributed by atoms with van der Waals surface area (Å²) in [5.74, 6) is -4.81. The van der Waals surface area contributed by atoms with Gasteiger partial charge in [-0.15, -0.1) is 0 Å². The smallest absolute Gasteiger partial charge is 0.317 e. The number of amides is 4. The van der Waals surface area contributed by atoms with Crippen LogP contribution in [0.3, 0.4) is 0 Å². The Balaban J connectivity index is 0.000000245. The molecule has 0 bridgehead atoms. The quantitative estimate of drug-likeness (QED) is 0.0614. The molecule has 9 rings (SSSR count). The fraction of sp³-hybridized carbons (Fsp3) is 0.879. The minimum atomic E-state index is -0.724. The molecule has 30 heteroatoms. The third kappa shape index (κ3) is 24.1. The number of hydrogen-bond donors (Lipinski definition) is 16. The van der Waals surface area contributed by atoms with Crippen molar-refractivity contribution in [3.05, 3.63) is 0 Å². The maximum atomic E-state index is 11.5. The molecule has 6 heterocycles. The van der Waals surface area contributed by atoms with Gasteiger partial charge >= 0.3 is 47.9 Å². The number of carboxylic acids is 6. The van der Waals surface area contributed by atoms with Crippen molar-refractivity contribution in [3.8, 4) is 0 Å². The molecule has 9 fully saturated rings. The highest BCUT2D eigenvalue weighted by atomic mass is 16.4. The maximum Gasteiger partial charge on any atom is 0.317 e. The summed E-state index contributed by atoms with van der Waals surface area (Å²) in [5.41, 5.74) is 0. The molecule has 0 aromatic carbocycles. The van der Waals surface area contributed by atoms with Crippen LogP contribution >= 0.6 is 0 Å². The molecule has 6 saturated heterocycles. The number of nitrogens with one attached hydrogen (secondary N) is 6. The Labute approximate surface area is 568 Å². The van der Waals surface area contributed by atoms with Crippen molar-refractivity contribution in [2.24, 2.45) is 35.5 Å². The molecule has 9 aliphatic rings. The number of aliphatic hydroxyl groups is 4. The summed E-state index contributed by atoms with van der Waals surface area (Å²) >= 11 is 0. The van der Waals surface area contributed by atoms with Gasteiger partial charge in [-0.3, -0.25) is 69.6 Å². The zero-order valence-corrected chi connectivity index (χ0v) is 59.1. The number of carboxylic acid groups (broad SMARTS) is 6. The Morgan fingerprint density at radius 2 is 0.844 bits per heavy atom. The Morgan fingerprint density at radius 3 is 1.21 bits per heavy atom. The van der Waals surface area contributed by atoms with E-state index in [1.165, 1.54) is 0 Å². The van der Waals surface area contributed by atoms with E-state index in [0.29, 0.717) is 36.3 Å². The molecule has 0 spiro atoms. The van der Waals surface area contributed by atoms with Crippen LogP contribution in [0.25, 0.3) is 0 Å². The molecule has 554 valence electrons. The van der Waals surface area contributed by atoms with E-state index in [0.717, 1.165) is 135 Å². The predicted molar refractivity (Wildman–Crippen MR) is 357 cm³/mol. The Bertz CT molecular complexity index is 2450. The van der Waals surface area contributed by atoms with Crippen LogP contribution < -0.4 is 31.9 Å². The van der Waals surface area contributed by atoms with Gasteiger partial charge in [-0.2, -0.15) is 0 Å². The maximum absolute atomic E-state index is 11.5. The molecule has 0 aromatic rings. The Hall–Kier alpha value is -5.12. The molecular formula is C66H122N12O18. The number of rotatable bonds is 24. The fourth-order valence-electron chi connectivity index (χ4n) is 16.0. The molecule has 16 N–H and O–H groups in total. The largest absolute Gasteiger partial charge is 0.481 e. The standard InChI is InChI=1S/C12H24N2O3.2C11H18N2O3.2C11H22N2O3.C10H18N2O3/c1-9-10(14(3)12(17)13(9)2)7-5-4-6-8-11(15)16;1-6-9(12-11(16)13(6)2)7-4-3-5-8(7)10(14)15;1-6-9(13(2)11(16)12-6)7-4-3-5-8(7)10(14)15;1-8-9(12-11(16)13(8)2)6-4-3-5-7-10(14)15;1-8-9(13(2)11(16)12-8)6-4-3-5-7-10(14)15;1-5-8(12-10(15)11-5)6-3-2-4-7(6)9(13)14/h9-10,12,17H,4-8H2,1-3H3,(H,15,16);2*6-9H,3-5H2,1-2H3,(H,12,16)(H,14,15);2*8-9,11-12,16H,3-7H2,1-2H3,(H,14,15);5-8,10-12,15H,2-4H2,1H3,(H,13,14). The molecule has 30 nitrogen and oxygen atoms in total. The second-order valence-corrected chi connectivity index (χ2v) is 28.4. The van der Waals surface area contributed by atoms with E-state index in [1.54, 1.807) is 23.9 Å². The van der Waals surface area contributed by atoms with Crippen molar-refractivity contribution in [2.75, 3.05) is 42.3 Å². The van der Waals surface area contributed by atoms with E-state index in [4.69, 9.17) is 30.6 Å². The van der Waals surface area contributed by atoms with Crippen LogP contribution in [0.4, 0.5) is 9.59 Å². The van der Waals surface area contributed by atoms with E-state index in [9.17, 15) is 58.8 Å². The van der Waals surface area contributed by atoms with Crippen molar-refractivity contribution < 1.29 is 89.4 Å². The van der Waals surface area contributed by atoms with E-state index in [1.807, 2.05) is 68.6 Å². The second-order valence-electron chi connectivity index (χ2n) is 28.4. The minimum absolute atomic E-state index is 0.0129. The van der Waals surface area contributed by atoms with Gasteiger partial charge in [0, 0.05) is 87.7 Å². The van der Waals surface area contributed by atoms with Crippen molar-refractivity contribution >= 4 is 47.9 Å². The summed E-state index contributed by atoms with van der Waals surface area (Å²) in [6.07, 6.45) is 17.5. The van der Waals surface area contributed by atoms with Crippen LogP contribution in [-0.4, -0.2) is 269 Å². The first-order valence-electron chi connectivity index (χ1n) is 35.2. The zero-order chi connectivity index (χ0) is 72.0. The highest BCUT2D eigenvalue weighted by Crippen LogP contribution is 2.40. The number of urea groups is 2. The van der Waals surface area contributed by atoms with E-state index in [2.05, 4.69) is 52.7 Å². The number of unbranched alkanes of at least 4 members (excludes halogenated alkanes) is 6. The topological polar surface area (TPSA) is 430 Å². The van der Waals surface area contributed by atoms with Crippen LogP contribution in [0, 0.1) is 35.5 Å². The number of likely N-dealkylation sites (N-methyl/N-ethyl adjacent to an activating group) is 6. The van der Waals surface area contributed by atoms with Crippen molar-refractivity contribution in [1.29, 1.82) is 0 Å². The summed E-state index contributed by atoms with van der Waals surface area (Å²) < 4.78 is 0. The van der Waals surface area contributed by atoms with Crippen molar-refractivity contribution in [1.82, 2.24) is 61.3 Å². The lowest BCUT2D eigenvalue weighted by atomic mass is 9.85. The molecule has 0 radical (unpaired) electrons. The highest BCUT2D eigenvalue weighted by Gasteiger charge is 2.49. The van der Waals surface area contributed by atoms with Crippen LogP contribution in [0.5, 0.6) is 0 Å². The van der Waals surface area contributed by atoms with E-state index < -0.39 is 61.2 Å².